The second kappa shape index (κ2) is 10.7. The van der Waals surface area contributed by atoms with Gasteiger partial charge >= 0.3 is 6.09 Å². The number of benzene rings is 2. The molecule has 0 radical (unpaired) electrons. The van der Waals surface area contributed by atoms with E-state index in [0.29, 0.717) is 19.6 Å². The van der Waals surface area contributed by atoms with Gasteiger partial charge in [0.15, 0.2) is 8.32 Å². The van der Waals surface area contributed by atoms with Crippen molar-refractivity contribution in [2.24, 2.45) is 17.6 Å². The molecule has 1 aliphatic heterocycles. The smallest absolute Gasteiger partial charge is 0.410 e. The maximum Gasteiger partial charge on any atom is 0.410 e. The lowest BCUT2D eigenvalue weighted by molar-refractivity contribution is -0.126. The highest BCUT2D eigenvalue weighted by Gasteiger charge is 2.44. The van der Waals surface area contributed by atoms with E-state index < -0.39 is 32.3 Å². The van der Waals surface area contributed by atoms with Crippen molar-refractivity contribution in [2.75, 3.05) is 13.2 Å². The Kier molecular flexibility index (Phi) is 8.20. The molecular formula is C27H38N2O4Si. The third kappa shape index (κ3) is 6.27. The Morgan fingerprint density at radius 1 is 1.03 bits per heavy atom. The van der Waals surface area contributed by atoms with Gasteiger partial charge in [-0.3, -0.25) is 9.69 Å². The third-order valence-corrected chi connectivity index (χ3v) is 11.7. The molecule has 2 aromatic rings. The maximum absolute atomic E-state index is 13.3. The van der Waals surface area contributed by atoms with Crippen molar-refractivity contribution < 1.29 is 18.8 Å². The normalized spacial score (nSPS) is 21.2. The minimum Gasteiger partial charge on any atom is -0.445 e. The number of rotatable bonds is 7. The number of carbonyl (C=O) groups excluding carboxylic acids is 2. The molecule has 2 amide bonds. The van der Waals surface area contributed by atoms with E-state index in [2.05, 4.69) is 33.9 Å². The highest BCUT2D eigenvalue weighted by molar-refractivity contribution is 6.74. The Morgan fingerprint density at radius 2 is 1.62 bits per heavy atom. The monoisotopic (exact) mass is 482 g/mol. The van der Waals surface area contributed by atoms with Gasteiger partial charge in [0, 0.05) is 13.2 Å². The van der Waals surface area contributed by atoms with Crippen molar-refractivity contribution in [1.82, 2.24) is 4.90 Å². The third-order valence-electron chi connectivity index (χ3n) is 7.19. The van der Waals surface area contributed by atoms with Crippen LogP contribution in [0.3, 0.4) is 0 Å². The second-order valence-electron chi connectivity index (χ2n) is 10.7. The fourth-order valence-corrected chi connectivity index (χ4v) is 5.24. The fraction of sp³-hybridized carbons (Fsp3) is 0.481. The van der Waals surface area contributed by atoms with Crippen LogP contribution in [0.1, 0.15) is 44.4 Å². The zero-order valence-electron chi connectivity index (χ0n) is 21.0. The number of piperidine rings is 1. The summed E-state index contributed by atoms with van der Waals surface area (Å²) in [5, 5.41) is 0.0750. The van der Waals surface area contributed by atoms with Crippen LogP contribution >= 0.6 is 0 Å². The Balaban J connectivity index is 1.84. The van der Waals surface area contributed by atoms with E-state index in [-0.39, 0.29) is 17.6 Å². The molecule has 1 unspecified atom stereocenters. The molecule has 2 aromatic carbocycles. The number of nitrogens with zero attached hydrogens (tertiary/aromatic N) is 1. The van der Waals surface area contributed by atoms with Crippen LogP contribution in [-0.2, 0) is 20.6 Å². The molecule has 0 aliphatic carbocycles. The van der Waals surface area contributed by atoms with E-state index in [1.807, 2.05) is 60.7 Å². The summed E-state index contributed by atoms with van der Waals surface area (Å²) >= 11 is 0. The van der Waals surface area contributed by atoms with Gasteiger partial charge in [0.25, 0.3) is 0 Å². The molecule has 3 atom stereocenters. The molecule has 0 saturated carbocycles. The summed E-state index contributed by atoms with van der Waals surface area (Å²) in [6, 6.07) is 18.7. The molecule has 0 spiro atoms. The summed E-state index contributed by atoms with van der Waals surface area (Å²) in [4.78, 5) is 27.6. The van der Waals surface area contributed by atoms with Crippen LogP contribution in [0.4, 0.5) is 4.79 Å². The maximum atomic E-state index is 13.3. The van der Waals surface area contributed by atoms with Gasteiger partial charge in [0.05, 0.1) is 12.0 Å². The number of hydrogen-bond acceptors (Lipinski definition) is 4. The van der Waals surface area contributed by atoms with E-state index in [0.717, 1.165) is 11.1 Å². The molecule has 7 heteroatoms. The highest BCUT2D eigenvalue weighted by Crippen LogP contribution is 2.41. The largest absolute Gasteiger partial charge is 0.445 e. The zero-order chi connectivity index (χ0) is 24.9. The van der Waals surface area contributed by atoms with Gasteiger partial charge in [0.2, 0.25) is 5.91 Å². The molecule has 0 bridgehead atoms. The lowest BCUT2D eigenvalue weighted by atomic mass is 9.80. The summed E-state index contributed by atoms with van der Waals surface area (Å²) in [7, 11) is -1.98. The Labute approximate surface area is 204 Å². The summed E-state index contributed by atoms with van der Waals surface area (Å²) in [6.45, 7) is 12.1. The van der Waals surface area contributed by atoms with Crippen molar-refractivity contribution in [3.63, 3.8) is 0 Å². The molecule has 0 aromatic heterocycles. The minimum absolute atomic E-state index is 0.00383. The summed E-state index contributed by atoms with van der Waals surface area (Å²) in [6.07, 6.45) is 0.132. The lowest BCUT2D eigenvalue weighted by Crippen LogP contribution is -2.52. The Morgan fingerprint density at radius 3 is 2.18 bits per heavy atom. The molecule has 34 heavy (non-hydrogen) atoms. The van der Waals surface area contributed by atoms with Crippen molar-refractivity contribution in [3.8, 4) is 0 Å². The zero-order valence-corrected chi connectivity index (χ0v) is 22.0. The van der Waals surface area contributed by atoms with Crippen molar-refractivity contribution in [1.29, 1.82) is 0 Å². The molecular weight excluding hydrogens is 444 g/mol. The quantitative estimate of drug-likeness (QED) is 0.528. The van der Waals surface area contributed by atoms with Crippen molar-refractivity contribution in [2.45, 2.75) is 58.0 Å². The molecule has 1 aliphatic rings. The van der Waals surface area contributed by atoms with Gasteiger partial charge in [-0.2, -0.15) is 0 Å². The molecule has 2 N–H and O–H groups in total. The molecule has 3 rings (SSSR count). The summed E-state index contributed by atoms with van der Waals surface area (Å²) < 4.78 is 12.2. The fourth-order valence-electron chi connectivity index (χ4n) is 4.16. The average molecular weight is 483 g/mol. The van der Waals surface area contributed by atoms with Crippen LogP contribution in [0, 0.1) is 11.8 Å². The number of amides is 2. The van der Waals surface area contributed by atoms with E-state index >= 15 is 0 Å². The number of likely N-dealkylation sites (tertiary alicyclic amines) is 1. The van der Waals surface area contributed by atoms with Gasteiger partial charge in [-0.25, -0.2) is 4.79 Å². The SMILES string of the molecule is CC(C)(C)[Si](C)(C)OCC1C[C@H](C(N)=O)[C@H](c2ccccc2)N(C(=O)OCc2ccccc2)C1. The summed E-state index contributed by atoms with van der Waals surface area (Å²) in [5.41, 5.74) is 7.68. The van der Waals surface area contributed by atoms with Gasteiger partial charge in [-0.05, 0) is 41.6 Å². The first kappa shape index (κ1) is 26.0. The van der Waals surface area contributed by atoms with Crippen LogP contribution in [-0.4, -0.2) is 38.4 Å². The highest BCUT2D eigenvalue weighted by atomic mass is 28.4. The Hall–Kier alpha value is -2.64. The van der Waals surface area contributed by atoms with E-state index in [1.165, 1.54) is 0 Å². The molecule has 1 saturated heterocycles. The predicted molar refractivity (Wildman–Crippen MR) is 136 cm³/mol. The molecule has 1 heterocycles. The second-order valence-corrected chi connectivity index (χ2v) is 15.5. The van der Waals surface area contributed by atoms with Gasteiger partial charge < -0.3 is 14.9 Å². The lowest BCUT2D eigenvalue weighted by Gasteiger charge is -2.44. The number of ether oxygens (including phenoxy) is 1. The first-order valence-electron chi connectivity index (χ1n) is 11.9. The summed E-state index contributed by atoms with van der Waals surface area (Å²) in [5.74, 6) is -0.934. The van der Waals surface area contributed by atoms with E-state index in [1.54, 1.807) is 4.90 Å². The first-order valence-corrected chi connectivity index (χ1v) is 14.9. The van der Waals surface area contributed by atoms with Crippen LogP contribution in [0.5, 0.6) is 0 Å². The van der Waals surface area contributed by atoms with Crippen LogP contribution in [0.2, 0.25) is 18.1 Å². The standard InChI is InChI=1S/C27H38N2O4Si/c1-27(2,3)34(4,5)33-19-21-16-23(25(28)30)24(22-14-10-7-11-15-22)29(17-21)26(31)32-18-20-12-8-6-9-13-20/h6-15,21,23-24H,16-19H2,1-5H3,(H2,28,30)/t21?,23-,24-/m0/s1. The molecule has 1 fully saturated rings. The minimum atomic E-state index is -1.98. The Bertz CT molecular complexity index is 960. The van der Waals surface area contributed by atoms with Crippen molar-refractivity contribution >= 4 is 20.3 Å². The number of hydrogen-bond donors (Lipinski definition) is 1. The van der Waals surface area contributed by atoms with Gasteiger partial charge in [-0.1, -0.05) is 81.4 Å². The van der Waals surface area contributed by atoms with Crippen LogP contribution < -0.4 is 5.73 Å². The van der Waals surface area contributed by atoms with Crippen molar-refractivity contribution in [3.05, 3.63) is 71.8 Å². The number of carbonyl (C=O) groups is 2. The van der Waals surface area contributed by atoms with E-state index in [4.69, 9.17) is 14.9 Å². The number of nitrogens with two attached hydrogens (primary N) is 1. The molecule has 6 nitrogen and oxygen atoms in total. The predicted octanol–water partition coefficient (Wildman–Crippen LogP) is 5.51. The van der Waals surface area contributed by atoms with Crippen LogP contribution in [0.15, 0.2) is 60.7 Å². The van der Waals surface area contributed by atoms with Gasteiger partial charge in [0.1, 0.15) is 6.61 Å². The first-order chi connectivity index (χ1) is 16.0. The van der Waals surface area contributed by atoms with Gasteiger partial charge in [-0.15, -0.1) is 0 Å². The topological polar surface area (TPSA) is 81.9 Å². The average Bonchev–Trinajstić information content (AvgIpc) is 2.81. The molecule has 184 valence electrons. The van der Waals surface area contributed by atoms with E-state index in [9.17, 15) is 9.59 Å². The number of primary amides is 1. The van der Waals surface area contributed by atoms with Crippen LogP contribution in [0.25, 0.3) is 0 Å².